The second kappa shape index (κ2) is 11.3. The van der Waals surface area contributed by atoms with E-state index in [9.17, 15) is 14.4 Å². The van der Waals surface area contributed by atoms with E-state index in [1.807, 2.05) is 0 Å². The number of rotatable bonds is 8. The minimum Gasteiger partial charge on any atom is -0.496 e. The van der Waals surface area contributed by atoms with Crippen LogP contribution < -0.4 is 15.6 Å². The van der Waals surface area contributed by atoms with Crippen LogP contribution in [-0.2, 0) is 22.6 Å². The van der Waals surface area contributed by atoms with Gasteiger partial charge in [0.2, 0.25) is 0 Å². The maximum atomic E-state index is 15.9. The van der Waals surface area contributed by atoms with Gasteiger partial charge >= 0.3 is 5.97 Å². The second-order valence-corrected chi connectivity index (χ2v) is 10.3. The topological polar surface area (TPSA) is 104 Å². The maximum absolute atomic E-state index is 15.9. The molecule has 0 bridgehead atoms. The molecule has 1 aromatic carbocycles. The molecule has 0 aliphatic heterocycles. The monoisotopic (exact) mass is 608 g/mol. The van der Waals surface area contributed by atoms with Crippen molar-refractivity contribution in [3.8, 4) is 17.0 Å². The van der Waals surface area contributed by atoms with Gasteiger partial charge in [0.15, 0.2) is 11.6 Å². The summed E-state index contributed by atoms with van der Waals surface area (Å²) >= 11 is 10.6. The summed E-state index contributed by atoms with van der Waals surface area (Å²) in [6.45, 7) is -0.252. The molecule has 1 N–H and O–H groups in total. The van der Waals surface area contributed by atoms with Crippen LogP contribution in [0.15, 0.2) is 57.9 Å². The highest BCUT2D eigenvalue weighted by molar-refractivity contribution is 9.10. The number of esters is 1. The number of pyridine rings is 1. The van der Waals surface area contributed by atoms with Crippen LogP contribution in [0.25, 0.3) is 11.3 Å². The average molecular weight is 610 g/mol. The molecule has 9 nitrogen and oxygen atoms in total. The summed E-state index contributed by atoms with van der Waals surface area (Å²) in [6.07, 6.45) is 1.37. The normalized spacial score (nSPS) is 10.8. The van der Waals surface area contributed by atoms with E-state index in [0.29, 0.717) is 8.81 Å². The maximum Gasteiger partial charge on any atom is 0.325 e. The summed E-state index contributed by atoms with van der Waals surface area (Å²) in [7, 11) is 2.60. The van der Waals surface area contributed by atoms with E-state index in [4.69, 9.17) is 16.3 Å². The van der Waals surface area contributed by atoms with Gasteiger partial charge in [0, 0.05) is 15.5 Å². The summed E-state index contributed by atoms with van der Waals surface area (Å²) in [4.78, 5) is 39.2. The summed E-state index contributed by atoms with van der Waals surface area (Å²) in [5.41, 5.74) is -1.10. The molecule has 0 unspecified atom stereocenters. The van der Waals surface area contributed by atoms with Gasteiger partial charge in [0.1, 0.15) is 18.0 Å². The van der Waals surface area contributed by atoms with Crippen molar-refractivity contribution in [3.63, 3.8) is 0 Å². The Morgan fingerprint density at radius 2 is 1.97 bits per heavy atom. The number of thiophene rings is 1. The minimum atomic E-state index is -0.925. The number of hydrogen-bond acceptors (Lipinski definition) is 8. The summed E-state index contributed by atoms with van der Waals surface area (Å²) in [5, 5.41) is 7.09. The van der Waals surface area contributed by atoms with Crippen molar-refractivity contribution in [1.29, 1.82) is 0 Å². The fourth-order valence-electron chi connectivity index (χ4n) is 3.51. The van der Waals surface area contributed by atoms with Gasteiger partial charge in [-0.15, -0.1) is 11.3 Å². The van der Waals surface area contributed by atoms with E-state index in [1.165, 1.54) is 43.9 Å². The fourth-order valence-corrected chi connectivity index (χ4v) is 5.02. The first kappa shape index (κ1) is 26.6. The second-order valence-electron chi connectivity index (χ2n) is 7.57. The van der Waals surface area contributed by atoms with Crippen molar-refractivity contribution >= 4 is 56.6 Å². The first-order valence-electron chi connectivity index (χ1n) is 10.6. The highest BCUT2D eigenvalue weighted by Crippen LogP contribution is 2.30. The Labute approximate surface area is 227 Å². The number of carbonyl (C=O) groups is 2. The van der Waals surface area contributed by atoms with Crippen molar-refractivity contribution in [3.05, 3.63) is 84.1 Å². The number of nitrogens with one attached hydrogen (secondary N) is 1. The molecular formula is C24H19BrClFN4O5S. The third-order valence-corrected chi connectivity index (χ3v) is 6.92. The van der Waals surface area contributed by atoms with Gasteiger partial charge in [-0.25, -0.2) is 4.39 Å². The number of aromatic nitrogens is 3. The van der Waals surface area contributed by atoms with Crippen LogP contribution in [0.3, 0.4) is 0 Å². The molecule has 0 aliphatic rings. The number of para-hydroxylation sites is 1. The number of carbonyl (C=O) groups excluding carboxylic acids is 2. The molecule has 0 amide bonds. The lowest BCUT2D eigenvalue weighted by Gasteiger charge is -2.10. The van der Waals surface area contributed by atoms with Crippen LogP contribution in [0.5, 0.6) is 5.75 Å². The molecule has 37 heavy (non-hydrogen) atoms. The van der Waals surface area contributed by atoms with Crippen LogP contribution in [-0.4, -0.2) is 40.4 Å². The minimum absolute atomic E-state index is 0.138. The van der Waals surface area contributed by atoms with E-state index in [-0.39, 0.29) is 34.9 Å². The molecule has 192 valence electrons. The Hall–Kier alpha value is -3.48. The number of ether oxygens (including phenoxy) is 2. The van der Waals surface area contributed by atoms with Gasteiger partial charge in [0.25, 0.3) is 11.5 Å². The lowest BCUT2D eigenvalue weighted by molar-refractivity contribution is -0.141. The summed E-state index contributed by atoms with van der Waals surface area (Å²) < 4.78 is 28.7. The molecule has 4 rings (SSSR count). The van der Waals surface area contributed by atoms with Crippen molar-refractivity contribution in [2.45, 2.75) is 13.1 Å². The Morgan fingerprint density at radius 1 is 1.22 bits per heavy atom. The Morgan fingerprint density at radius 3 is 2.65 bits per heavy atom. The van der Waals surface area contributed by atoms with Gasteiger partial charge in [-0.05, 0) is 46.3 Å². The zero-order valence-corrected chi connectivity index (χ0v) is 22.6. The van der Waals surface area contributed by atoms with Crippen molar-refractivity contribution < 1.29 is 23.5 Å². The molecule has 3 heterocycles. The molecule has 0 aliphatic carbocycles. The standard InChI is InChI=1S/C24H19BrClFN4O5S/c1-35-17-6-4-3-5-15(17)24(34)31-22(28-10-14-7-8-18(26)37-14)20(27)21(29-31)16-9-13(25)11-30(23(16)33)12-19(32)36-2/h3-9,11,28H,10,12H2,1-2H3. The predicted molar refractivity (Wildman–Crippen MR) is 141 cm³/mol. The van der Waals surface area contributed by atoms with Crippen molar-refractivity contribution in [2.75, 3.05) is 19.5 Å². The molecule has 4 aromatic rings. The number of nitrogens with zero attached hydrogens (tertiary/aromatic N) is 3. The first-order valence-corrected chi connectivity index (χ1v) is 12.6. The van der Waals surface area contributed by atoms with Gasteiger partial charge in [-0.2, -0.15) is 9.78 Å². The quantitative estimate of drug-likeness (QED) is 0.286. The molecular weight excluding hydrogens is 591 g/mol. The summed E-state index contributed by atoms with van der Waals surface area (Å²) in [6, 6.07) is 11.3. The van der Waals surface area contributed by atoms with E-state index in [0.717, 1.165) is 14.1 Å². The van der Waals surface area contributed by atoms with Gasteiger partial charge in [0.05, 0.1) is 36.2 Å². The highest BCUT2D eigenvalue weighted by Gasteiger charge is 2.27. The highest BCUT2D eigenvalue weighted by atomic mass is 79.9. The largest absolute Gasteiger partial charge is 0.496 e. The molecule has 0 atom stereocenters. The predicted octanol–water partition coefficient (Wildman–Crippen LogP) is 4.81. The third kappa shape index (κ3) is 5.60. The first-order chi connectivity index (χ1) is 17.7. The number of methoxy groups -OCH3 is 2. The number of hydrogen-bond donors (Lipinski definition) is 1. The van der Waals surface area contributed by atoms with E-state index in [1.54, 1.807) is 30.3 Å². The molecule has 0 saturated carbocycles. The van der Waals surface area contributed by atoms with E-state index >= 15 is 4.39 Å². The SMILES string of the molecule is COC(=O)Cn1cc(Br)cc(-c2nn(C(=O)c3ccccc3OC)c(NCc3ccc(Cl)s3)c2F)c1=O. The molecule has 0 saturated heterocycles. The fraction of sp³-hybridized carbons (Fsp3) is 0.167. The molecule has 0 radical (unpaired) electrons. The molecule has 3 aromatic heterocycles. The average Bonchev–Trinajstić information content (AvgIpc) is 3.46. The Kier molecular flexibility index (Phi) is 8.10. The molecule has 13 heteroatoms. The van der Waals surface area contributed by atoms with Crippen LogP contribution in [0.4, 0.5) is 10.2 Å². The smallest absolute Gasteiger partial charge is 0.325 e. The van der Waals surface area contributed by atoms with Crippen molar-refractivity contribution in [1.82, 2.24) is 14.3 Å². The van der Waals surface area contributed by atoms with Gasteiger partial charge < -0.3 is 19.4 Å². The van der Waals surface area contributed by atoms with Crippen molar-refractivity contribution in [2.24, 2.45) is 0 Å². The Balaban J connectivity index is 1.85. The lowest BCUT2D eigenvalue weighted by Crippen LogP contribution is -2.26. The Bertz CT molecular complexity index is 1550. The van der Waals surface area contributed by atoms with Crippen LogP contribution in [0, 0.1) is 5.82 Å². The van der Waals surface area contributed by atoms with Crippen LogP contribution in [0.2, 0.25) is 4.34 Å². The van der Waals surface area contributed by atoms with E-state index < -0.39 is 29.8 Å². The van der Waals surface area contributed by atoms with E-state index in [2.05, 4.69) is 31.1 Å². The summed E-state index contributed by atoms with van der Waals surface area (Å²) in [5.74, 6) is -2.26. The van der Waals surface area contributed by atoms with Gasteiger partial charge in [-0.1, -0.05) is 23.7 Å². The zero-order chi connectivity index (χ0) is 26.7. The van der Waals surface area contributed by atoms with Crippen LogP contribution >= 0.6 is 38.9 Å². The van der Waals surface area contributed by atoms with Gasteiger partial charge in [-0.3, -0.25) is 14.4 Å². The third-order valence-electron chi connectivity index (χ3n) is 5.25. The molecule has 0 fully saturated rings. The zero-order valence-electron chi connectivity index (χ0n) is 19.5. The molecule has 0 spiro atoms. The lowest BCUT2D eigenvalue weighted by atomic mass is 10.2. The number of benzene rings is 1. The number of anilines is 1. The van der Waals surface area contributed by atoms with Crippen LogP contribution in [0.1, 0.15) is 15.2 Å². The number of halogens is 3.